The molecule has 2 aromatic heterocycles. The van der Waals surface area contributed by atoms with E-state index >= 15 is 0 Å². The summed E-state index contributed by atoms with van der Waals surface area (Å²) in [5.74, 6) is 0. The number of nitrogens with zero attached hydrogens (tertiary/aromatic N) is 3. The lowest BCUT2D eigenvalue weighted by atomic mass is 10.1. The maximum atomic E-state index is 10.2. The molecule has 98 valence electrons. The summed E-state index contributed by atoms with van der Waals surface area (Å²) in [4.78, 5) is 4.29. The Kier molecular flexibility index (Phi) is 4.04. The van der Waals surface area contributed by atoms with Crippen molar-refractivity contribution >= 4 is 22.9 Å². The lowest BCUT2D eigenvalue weighted by Crippen LogP contribution is -2.09. The normalized spacial score (nSPS) is 12.9. The van der Waals surface area contributed by atoms with Gasteiger partial charge in [-0.3, -0.25) is 4.68 Å². The minimum atomic E-state index is -0.631. The lowest BCUT2D eigenvalue weighted by molar-refractivity contribution is 0.171. The van der Waals surface area contributed by atoms with Gasteiger partial charge in [0, 0.05) is 18.3 Å². The van der Waals surface area contributed by atoms with Crippen LogP contribution in [0.2, 0.25) is 5.02 Å². The van der Waals surface area contributed by atoms with Crippen LogP contribution in [0.15, 0.2) is 5.38 Å². The fraction of sp³-hybridized carbons (Fsp3) is 0.500. The molecular weight excluding hydrogens is 270 g/mol. The summed E-state index contributed by atoms with van der Waals surface area (Å²) in [7, 11) is 0. The molecule has 1 atom stereocenters. The van der Waals surface area contributed by atoms with E-state index in [4.69, 9.17) is 11.6 Å². The molecule has 1 unspecified atom stereocenters. The van der Waals surface area contributed by atoms with Crippen LogP contribution in [0.1, 0.15) is 35.1 Å². The van der Waals surface area contributed by atoms with E-state index < -0.39 is 6.10 Å². The Labute approximate surface area is 115 Å². The van der Waals surface area contributed by atoms with E-state index in [1.165, 1.54) is 11.3 Å². The second kappa shape index (κ2) is 5.38. The number of hydrogen-bond acceptors (Lipinski definition) is 4. The third-order valence-corrected chi connectivity index (χ3v) is 4.10. The lowest BCUT2D eigenvalue weighted by Gasteiger charge is -2.10. The Morgan fingerprint density at radius 1 is 1.50 bits per heavy atom. The average molecular weight is 286 g/mol. The first-order chi connectivity index (χ1) is 8.52. The molecule has 2 rings (SSSR count). The van der Waals surface area contributed by atoms with Crippen molar-refractivity contribution in [3.8, 4) is 0 Å². The predicted molar refractivity (Wildman–Crippen MR) is 73.2 cm³/mol. The van der Waals surface area contributed by atoms with Gasteiger partial charge in [0.15, 0.2) is 0 Å². The van der Waals surface area contributed by atoms with Crippen molar-refractivity contribution in [3.05, 3.63) is 32.5 Å². The molecule has 0 amide bonds. The van der Waals surface area contributed by atoms with Crippen LogP contribution in [0.4, 0.5) is 0 Å². The largest absolute Gasteiger partial charge is 0.386 e. The fourth-order valence-corrected chi connectivity index (χ4v) is 2.76. The molecule has 0 aliphatic rings. The van der Waals surface area contributed by atoms with Gasteiger partial charge in [0.1, 0.15) is 6.10 Å². The smallest absolute Gasteiger partial charge is 0.102 e. The molecular formula is C12H16ClN3OS. The van der Waals surface area contributed by atoms with Crippen LogP contribution in [0, 0.1) is 13.8 Å². The van der Waals surface area contributed by atoms with Crippen LogP contribution in [-0.2, 0) is 13.0 Å². The zero-order chi connectivity index (χ0) is 13.3. The van der Waals surface area contributed by atoms with Gasteiger partial charge in [-0.05, 0) is 20.8 Å². The molecule has 0 aliphatic carbocycles. The summed E-state index contributed by atoms with van der Waals surface area (Å²) in [5.41, 5.74) is 2.38. The Morgan fingerprint density at radius 3 is 2.78 bits per heavy atom. The van der Waals surface area contributed by atoms with Gasteiger partial charge in [-0.25, -0.2) is 4.98 Å². The Balaban J connectivity index is 2.23. The first-order valence-electron chi connectivity index (χ1n) is 5.84. The highest BCUT2D eigenvalue weighted by Gasteiger charge is 2.19. The summed E-state index contributed by atoms with van der Waals surface area (Å²) >= 11 is 7.75. The van der Waals surface area contributed by atoms with Gasteiger partial charge >= 0.3 is 0 Å². The summed E-state index contributed by atoms with van der Waals surface area (Å²) < 4.78 is 1.83. The summed E-state index contributed by atoms with van der Waals surface area (Å²) in [6, 6.07) is 0. The van der Waals surface area contributed by atoms with Gasteiger partial charge in [0.05, 0.1) is 27.1 Å². The number of hydrogen-bond donors (Lipinski definition) is 1. The number of thiazole rings is 1. The minimum absolute atomic E-state index is 0.441. The van der Waals surface area contributed by atoms with Crippen molar-refractivity contribution < 1.29 is 5.11 Å². The van der Waals surface area contributed by atoms with Crippen LogP contribution >= 0.6 is 22.9 Å². The van der Waals surface area contributed by atoms with Gasteiger partial charge in [-0.2, -0.15) is 5.10 Å². The first-order valence-corrected chi connectivity index (χ1v) is 7.10. The van der Waals surface area contributed by atoms with E-state index in [-0.39, 0.29) is 0 Å². The van der Waals surface area contributed by atoms with E-state index in [1.54, 1.807) is 0 Å². The van der Waals surface area contributed by atoms with Crippen LogP contribution in [0.3, 0.4) is 0 Å². The quantitative estimate of drug-likeness (QED) is 0.940. The van der Waals surface area contributed by atoms with Crippen LogP contribution in [-0.4, -0.2) is 19.9 Å². The second-order valence-corrected chi connectivity index (χ2v) is 5.61. The highest BCUT2D eigenvalue weighted by atomic mass is 35.5. The van der Waals surface area contributed by atoms with Crippen molar-refractivity contribution in [2.75, 3.05) is 0 Å². The highest BCUT2D eigenvalue weighted by molar-refractivity contribution is 7.09. The maximum Gasteiger partial charge on any atom is 0.102 e. The van der Waals surface area contributed by atoms with Crippen LogP contribution in [0.25, 0.3) is 0 Å². The van der Waals surface area contributed by atoms with Crippen molar-refractivity contribution in [3.63, 3.8) is 0 Å². The maximum absolute atomic E-state index is 10.2. The zero-order valence-corrected chi connectivity index (χ0v) is 12.2. The molecule has 0 spiro atoms. The van der Waals surface area contributed by atoms with Crippen molar-refractivity contribution in [1.82, 2.24) is 14.8 Å². The van der Waals surface area contributed by atoms with Crippen LogP contribution in [0.5, 0.6) is 0 Å². The van der Waals surface area contributed by atoms with Gasteiger partial charge in [0.2, 0.25) is 0 Å². The summed E-state index contributed by atoms with van der Waals surface area (Å²) in [5, 5.41) is 18.0. The molecule has 0 bridgehead atoms. The molecule has 2 heterocycles. The van der Waals surface area contributed by atoms with Crippen molar-refractivity contribution in [2.45, 2.75) is 39.8 Å². The average Bonchev–Trinajstić information content (AvgIpc) is 2.88. The number of rotatable bonds is 4. The standard InChI is InChI=1S/C12H16ClN3OS/c1-4-16-10(12(13)7(2)15-16)5-11(17)9-6-18-8(3)14-9/h6,11,17H,4-5H2,1-3H3. The Morgan fingerprint density at radius 2 is 2.22 bits per heavy atom. The molecule has 0 saturated heterocycles. The Hall–Kier alpha value is -0.910. The van der Waals surface area contributed by atoms with Crippen molar-refractivity contribution in [1.29, 1.82) is 0 Å². The zero-order valence-electron chi connectivity index (χ0n) is 10.6. The number of aliphatic hydroxyl groups is 1. The van der Waals surface area contributed by atoms with E-state index in [2.05, 4.69) is 10.1 Å². The third-order valence-electron chi connectivity index (χ3n) is 2.82. The first kappa shape index (κ1) is 13.5. The topological polar surface area (TPSA) is 50.9 Å². The van der Waals surface area contributed by atoms with Crippen LogP contribution < -0.4 is 0 Å². The van der Waals surface area contributed by atoms with E-state index in [0.29, 0.717) is 17.1 Å². The molecule has 0 saturated carbocycles. The molecule has 1 N–H and O–H groups in total. The number of aliphatic hydroxyl groups excluding tert-OH is 1. The third kappa shape index (κ3) is 2.58. The SMILES string of the molecule is CCn1nc(C)c(Cl)c1CC(O)c1csc(C)n1. The molecule has 0 aliphatic heterocycles. The van der Waals surface area contributed by atoms with Crippen molar-refractivity contribution in [2.24, 2.45) is 0 Å². The van der Waals surface area contributed by atoms with Gasteiger partial charge in [-0.1, -0.05) is 11.6 Å². The number of halogens is 1. The monoisotopic (exact) mass is 285 g/mol. The number of aromatic nitrogens is 3. The summed E-state index contributed by atoms with van der Waals surface area (Å²) in [6.45, 7) is 6.54. The van der Waals surface area contributed by atoms with Gasteiger partial charge in [-0.15, -0.1) is 11.3 Å². The minimum Gasteiger partial charge on any atom is -0.386 e. The fourth-order valence-electron chi connectivity index (χ4n) is 1.88. The molecule has 4 nitrogen and oxygen atoms in total. The molecule has 0 fully saturated rings. The highest BCUT2D eigenvalue weighted by Crippen LogP contribution is 2.26. The molecule has 18 heavy (non-hydrogen) atoms. The molecule has 0 radical (unpaired) electrons. The molecule has 0 aromatic carbocycles. The van der Waals surface area contributed by atoms with Gasteiger partial charge in [0.25, 0.3) is 0 Å². The van der Waals surface area contributed by atoms with E-state index in [0.717, 1.165) is 22.9 Å². The van der Waals surface area contributed by atoms with E-state index in [1.807, 2.05) is 30.8 Å². The Bertz CT molecular complexity index is 550. The van der Waals surface area contributed by atoms with E-state index in [9.17, 15) is 5.11 Å². The summed E-state index contributed by atoms with van der Waals surface area (Å²) in [6.07, 6.45) is -0.190. The predicted octanol–water partition coefficient (Wildman–Crippen LogP) is 2.91. The molecule has 2 aromatic rings. The number of aryl methyl sites for hydroxylation is 3. The molecule has 6 heteroatoms. The van der Waals surface area contributed by atoms with Gasteiger partial charge < -0.3 is 5.11 Å². The second-order valence-electron chi connectivity index (χ2n) is 4.17.